The van der Waals surface area contributed by atoms with Crippen molar-refractivity contribution in [3.05, 3.63) is 95.3 Å². The van der Waals surface area contributed by atoms with Crippen LogP contribution >= 0.6 is 11.8 Å². The molecule has 1 atom stereocenters. The zero-order valence-electron chi connectivity index (χ0n) is 15.2. The number of thioether (sulfide) groups is 1. The van der Waals surface area contributed by atoms with E-state index in [0.29, 0.717) is 24.6 Å². The number of ether oxygens (including phenoxy) is 1. The van der Waals surface area contributed by atoms with Crippen molar-refractivity contribution in [2.45, 2.75) is 18.3 Å². The second-order valence-electron chi connectivity index (χ2n) is 6.65. The number of nitrogens with zero attached hydrogens (tertiary/aromatic N) is 2. The van der Waals surface area contributed by atoms with Crippen molar-refractivity contribution in [1.29, 1.82) is 0 Å². The second kappa shape index (κ2) is 8.61. The molecule has 0 unspecified atom stereocenters. The predicted molar refractivity (Wildman–Crippen MR) is 109 cm³/mol. The predicted octanol–water partition coefficient (Wildman–Crippen LogP) is 4.89. The van der Waals surface area contributed by atoms with Gasteiger partial charge in [-0.2, -0.15) is 11.8 Å². The first-order chi connectivity index (χ1) is 13.7. The van der Waals surface area contributed by atoms with Crippen molar-refractivity contribution in [2.75, 3.05) is 12.4 Å². The smallest absolute Gasteiger partial charge is 0.233 e. The molecule has 0 bridgehead atoms. The molecular weight excluding hydrogens is 378 g/mol. The molecule has 144 valence electrons. The molecular formula is C22H20F2N2OS. The molecule has 3 aromatic rings. The van der Waals surface area contributed by atoms with Gasteiger partial charge in [0.05, 0.1) is 12.6 Å². The van der Waals surface area contributed by atoms with Crippen LogP contribution in [0.25, 0.3) is 0 Å². The van der Waals surface area contributed by atoms with Crippen LogP contribution < -0.4 is 0 Å². The van der Waals surface area contributed by atoms with E-state index in [1.54, 1.807) is 36.0 Å². The first kappa shape index (κ1) is 18.7. The van der Waals surface area contributed by atoms with Gasteiger partial charge in [0.15, 0.2) is 0 Å². The Morgan fingerprint density at radius 3 is 2.68 bits per heavy atom. The number of hydrogen-bond acceptors (Lipinski definition) is 3. The van der Waals surface area contributed by atoms with Gasteiger partial charge >= 0.3 is 0 Å². The SMILES string of the molecule is Fc1ccc(CSC[C@H]2COC(c3cccn3Cc3ccccc3F)=N2)cc1. The largest absolute Gasteiger partial charge is 0.474 e. The zero-order chi connectivity index (χ0) is 19.3. The molecule has 0 radical (unpaired) electrons. The Morgan fingerprint density at radius 2 is 1.86 bits per heavy atom. The standard InChI is InChI=1S/C22H20F2N2OS/c23-18-9-7-16(8-10-18)14-28-15-19-13-27-22(25-19)21-6-3-11-26(21)12-17-4-1-2-5-20(17)24/h1-11,19H,12-15H2/t19-/m1/s1. The van der Waals surface area contributed by atoms with Gasteiger partial charge in [-0.25, -0.2) is 13.8 Å². The molecule has 0 N–H and O–H groups in total. The maximum absolute atomic E-state index is 14.0. The average molecular weight is 398 g/mol. The van der Waals surface area contributed by atoms with Crippen LogP contribution in [-0.4, -0.2) is 28.9 Å². The Balaban J connectivity index is 1.37. The lowest BCUT2D eigenvalue weighted by molar-refractivity contribution is 0.323. The number of benzene rings is 2. The first-order valence-corrected chi connectivity index (χ1v) is 10.3. The Morgan fingerprint density at radius 1 is 1.04 bits per heavy atom. The molecule has 0 amide bonds. The summed E-state index contributed by atoms with van der Waals surface area (Å²) < 4.78 is 34.7. The number of halogens is 2. The van der Waals surface area contributed by atoms with Crippen LogP contribution in [0.4, 0.5) is 8.78 Å². The summed E-state index contributed by atoms with van der Waals surface area (Å²) in [5, 5.41) is 0. The molecule has 0 spiro atoms. The minimum atomic E-state index is -0.217. The van der Waals surface area contributed by atoms with E-state index in [1.807, 2.05) is 29.0 Å². The van der Waals surface area contributed by atoms with Crippen LogP contribution in [-0.2, 0) is 17.0 Å². The lowest BCUT2D eigenvalue weighted by Gasteiger charge is -2.09. The second-order valence-corrected chi connectivity index (χ2v) is 7.68. The maximum Gasteiger partial charge on any atom is 0.233 e. The van der Waals surface area contributed by atoms with Crippen molar-refractivity contribution < 1.29 is 13.5 Å². The van der Waals surface area contributed by atoms with E-state index in [0.717, 1.165) is 22.8 Å². The topological polar surface area (TPSA) is 26.5 Å². The highest BCUT2D eigenvalue weighted by atomic mass is 32.2. The highest BCUT2D eigenvalue weighted by molar-refractivity contribution is 7.98. The van der Waals surface area contributed by atoms with Gasteiger partial charge in [-0.05, 0) is 35.9 Å². The normalized spacial score (nSPS) is 16.1. The molecule has 2 heterocycles. The van der Waals surface area contributed by atoms with Crippen molar-refractivity contribution >= 4 is 17.7 Å². The lowest BCUT2D eigenvalue weighted by Crippen LogP contribution is -2.11. The minimum absolute atomic E-state index is 0.0808. The average Bonchev–Trinajstić information content (AvgIpc) is 3.34. The van der Waals surface area contributed by atoms with Crippen LogP contribution in [0.3, 0.4) is 0 Å². The van der Waals surface area contributed by atoms with Gasteiger partial charge in [-0.1, -0.05) is 30.3 Å². The van der Waals surface area contributed by atoms with Gasteiger partial charge < -0.3 is 9.30 Å². The molecule has 0 aliphatic carbocycles. The lowest BCUT2D eigenvalue weighted by atomic mass is 10.2. The van der Waals surface area contributed by atoms with Crippen LogP contribution in [0.5, 0.6) is 0 Å². The zero-order valence-corrected chi connectivity index (χ0v) is 16.0. The van der Waals surface area contributed by atoms with Gasteiger partial charge in [-0.3, -0.25) is 0 Å². The van der Waals surface area contributed by atoms with E-state index in [-0.39, 0.29) is 17.7 Å². The molecule has 3 nitrogen and oxygen atoms in total. The third-order valence-electron chi connectivity index (χ3n) is 4.55. The molecule has 28 heavy (non-hydrogen) atoms. The van der Waals surface area contributed by atoms with Gasteiger partial charge in [0.1, 0.15) is 23.9 Å². The number of aromatic nitrogens is 1. The summed E-state index contributed by atoms with van der Waals surface area (Å²) in [4.78, 5) is 4.70. The molecule has 6 heteroatoms. The van der Waals surface area contributed by atoms with Crippen LogP contribution in [0.15, 0.2) is 71.9 Å². The minimum Gasteiger partial charge on any atom is -0.474 e. The number of aliphatic imine (C=N–C) groups is 1. The molecule has 0 saturated carbocycles. The highest BCUT2D eigenvalue weighted by Crippen LogP contribution is 2.20. The molecule has 0 fully saturated rings. The summed E-state index contributed by atoms with van der Waals surface area (Å²) in [7, 11) is 0. The summed E-state index contributed by atoms with van der Waals surface area (Å²) in [6.45, 7) is 0.970. The molecule has 2 aromatic carbocycles. The quantitative estimate of drug-likeness (QED) is 0.566. The van der Waals surface area contributed by atoms with Crippen LogP contribution in [0.2, 0.25) is 0 Å². The highest BCUT2D eigenvalue weighted by Gasteiger charge is 2.22. The van der Waals surface area contributed by atoms with E-state index < -0.39 is 0 Å². The fourth-order valence-electron chi connectivity index (χ4n) is 3.09. The third-order valence-corrected chi connectivity index (χ3v) is 5.71. The van der Waals surface area contributed by atoms with Crippen molar-refractivity contribution in [2.24, 2.45) is 4.99 Å². The van der Waals surface area contributed by atoms with Crippen LogP contribution in [0, 0.1) is 11.6 Å². The fraction of sp³-hybridized carbons (Fsp3) is 0.227. The molecule has 1 aromatic heterocycles. The third kappa shape index (κ3) is 4.44. The summed E-state index contributed by atoms with van der Waals surface area (Å²) in [6.07, 6.45) is 1.91. The van der Waals surface area contributed by atoms with E-state index >= 15 is 0 Å². The van der Waals surface area contributed by atoms with Gasteiger partial charge in [0, 0.05) is 23.3 Å². The van der Waals surface area contributed by atoms with E-state index in [1.165, 1.54) is 18.2 Å². The van der Waals surface area contributed by atoms with E-state index in [2.05, 4.69) is 0 Å². The van der Waals surface area contributed by atoms with E-state index in [9.17, 15) is 8.78 Å². The van der Waals surface area contributed by atoms with Gasteiger partial charge in [0.2, 0.25) is 5.90 Å². The Bertz CT molecular complexity index is 969. The molecule has 1 aliphatic heterocycles. The summed E-state index contributed by atoms with van der Waals surface area (Å²) in [5.41, 5.74) is 2.58. The molecule has 4 rings (SSSR count). The Hall–Kier alpha value is -2.60. The Kier molecular flexibility index (Phi) is 5.76. The monoisotopic (exact) mass is 398 g/mol. The van der Waals surface area contributed by atoms with Crippen molar-refractivity contribution in [3.8, 4) is 0 Å². The van der Waals surface area contributed by atoms with Gasteiger partial charge in [0.25, 0.3) is 0 Å². The van der Waals surface area contributed by atoms with Crippen LogP contribution in [0.1, 0.15) is 16.8 Å². The maximum atomic E-state index is 14.0. The first-order valence-electron chi connectivity index (χ1n) is 9.11. The molecule has 1 aliphatic rings. The Labute approximate surface area is 167 Å². The summed E-state index contributed by atoms with van der Waals surface area (Å²) in [5.74, 6) is 1.81. The van der Waals surface area contributed by atoms with E-state index in [4.69, 9.17) is 9.73 Å². The number of rotatable bonds is 7. The fourth-order valence-corrected chi connectivity index (χ4v) is 4.08. The van der Waals surface area contributed by atoms with Crippen molar-refractivity contribution in [1.82, 2.24) is 4.57 Å². The van der Waals surface area contributed by atoms with Gasteiger partial charge in [-0.15, -0.1) is 0 Å². The molecule has 0 saturated heterocycles. The van der Waals surface area contributed by atoms with Crippen molar-refractivity contribution in [3.63, 3.8) is 0 Å². The number of hydrogen-bond donors (Lipinski definition) is 0. The summed E-state index contributed by atoms with van der Waals surface area (Å²) >= 11 is 1.75. The summed E-state index contributed by atoms with van der Waals surface area (Å²) in [6, 6.07) is 17.3.